The molecule has 1 amide bonds. The SMILES string of the molecule is C=CCN1C(=O)/C(=C/c2ccccc2[N+](=O)[O-])SC1=Nc1ccncc1Cl. The van der Waals surface area contributed by atoms with Crippen molar-refractivity contribution in [2.24, 2.45) is 4.99 Å². The highest BCUT2D eigenvalue weighted by Crippen LogP contribution is 2.36. The highest BCUT2D eigenvalue weighted by atomic mass is 35.5. The van der Waals surface area contributed by atoms with Gasteiger partial charge in [0.1, 0.15) is 0 Å². The summed E-state index contributed by atoms with van der Waals surface area (Å²) < 4.78 is 0. The number of thioether (sulfide) groups is 1. The number of aromatic nitrogens is 1. The van der Waals surface area contributed by atoms with Crippen molar-refractivity contribution in [3.05, 3.63) is 81.0 Å². The van der Waals surface area contributed by atoms with Gasteiger partial charge in [-0.1, -0.05) is 29.8 Å². The van der Waals surface area contributed by atoms with Gasteiger partial charge in [0.25, 0.3) is 11.6 Å². The summed E-state index contributed by atoms with van der Waals surface area (Å²) in [4.78, 5) is 33.6. The lowest BCUT2D eigenvalue weighted by atomic mass is 10.1. The summed E-state index contributed by atoms with van der Waals surface area (Å²) >= 11 is 7.22. The topological polar surface area (TPSA) is 88.7 Å². The monoisotopic (exact) mass is 400 g/mol. The first-order chi connectivity index (χ1) is 13.0. The number of hydrogen-bond donors (Lipinski definition) is 0. The van der Waals surface area contributed by atoms with Crippen molar-refractivity contribution in [3.8, 4) is 0 Å². The van der Waals surface area contributed by atoms with Crippen LogP contribution in [0, 0.1) is 10.1 Å². The number of amidine groups is 1. The number of hydrogen-bond acceptors (Lipinski definition) is 6. The number of carbonyl (C=O) groups is 1. The molecule has 1 aromatic heterocycles. The molecule has 2 heterocycles. The van der Waals surface area contributed by atoms with Crippen molar-refractivity contribution >= 4 is 51.9 Å². The summed E-state index contributed by atoms with van der Waals surface area (Å²) in [7, 11) is 0. The fourth-order valence-corrected chi connectivity index (χ4v) is 3.51. The lowest BCUT2D eigenvalue weighted by molar-refractivity contribution is -0.385. The number of halogens is 1. The second kappa shape index (κ2) is 8.15. The van der Waals surface area contributed by atoms with Gasteiger partial charge >= 0.3 is 0 Å². The standard InChI is InChI=1S/C18H13ClN4O3S/c1-2-9-22-17(24)16(10-12-5-3-4-6-15(12)23(25)26)27-18(22)21-14-7-8-20-11-13(14)19/h2-8,10-11H,1,9H2/b16-10-,21-18?. The zero-order valence-corrected chi connectivity index (χ0v) is 15.5. The average Bonchev–Trinajstić information content (AvgIpc) is 2.93. The molecule has 0 unspecified atom stereocenters. The second-order valence-corrected chi connectivity index (χ2v) is 6.77. The molecule has 3 rings (SSSR count). The molecule has 27 heavy (non-hydrogen) atoms. The van der Waals surface area contributed by atoms with Crippen LogP contribution >= 0.6 is 23.4 Å². The quantitative estimate of drug-likeness (QED) is 0.320. The van der Waals surface area contributed by atoms with Crippen LogP contribution in [-0.2, 0) is 4.79 Å². The van der Waals surface area contributed by atoms with Crippen LogP contribution in [0.4, 0.5) is 11.4 Å². The predicted octanol–water partition coefficient (Wildman–Crippen LogP) is 4.43. The molecule has 9 heteroatoms. The molecule has 0 bridgehead atoms. The lowest BCUT2D eigenvalue weighted by Gasteiger charge is -2.12. The first-order valence-corrected chi connectivity index (χ1v) is 8.94. The third-order valence-electron chi connectivity index (χ3n) is 3.59. The molecule has 7 nitrogen and oxygen atoms in total. The molecule has 0 N–H and O–H groups in total. The third-order valence-corrected chi connectivity index (χ3v) is 4.88. The first-order valence-electron chi connectivity index (χ1n) is 7.75. The van der Waals surface area contributed by atoms with E-state index in [0.717, 1.165) is 11.8 Å². The average molecular weight is 401 g/mol. The van der Waals surface area contributed by atoms with Crippen molar-refractivity contribution in [3.63, 3.8) is 0 Å². The van der Waals surface area contributed by atoms with Crippen LogP contribution in [0.25, 0.3) is 6.08 Å². The summed E-state index contributed by atoms with van der Waals surface area (Å²) in [5.74, 6) is -0.304. The smallest absolute Gasteiger partial charge is 0.276 e. The number of rotatable bonds is 5. The molecule has 1 aliphatic heterocycles. The molecule has 0 atom stereocenters. The minimum atomic E-state index is -0.482. The minimum Gasteiger partial charge on any atom is -0.283 e. The molecule has 1 aliphatic rings. The number of nitro groups is 1. The Morgan fingerprint density at radius 1 is 1.37 bits per heavy atom. The molecule has 0 radical (unpaired) electrons. The zero-order chi connectivity index (χ0) is 19.4. The Morgan fingerprint density at radius 3 is 2.85 bits per heavy atom. The van der Waals surface area contributed by atoms with E-state index in [1.54, 1.807) is 36.5 Å². The normalized spacial score (nSPS) is 16.9. The number of nitro benzene ring substituents is 1. The maximum absolute atomic E-state index is 12.8. The predicted molar refractivity (Wildman–Crippen MR) is 107 cm³/mol. The molecule has 0 saturated carbocycles. The number of benzene rings is 1. The fraction of sp³-hybridized carbons (Fsp3) is 0.0556. The van der Waals surface area contributed by atoms with Crippen molar-refractivity contribution in [2.75, 3.05) is 6.54 Å². The van der Waals surface area contributed by atoms with E-state index in [1.807, 2.05) is 0 Å². The number of carbonyl (C=O) groups excluding carboxylic acids is 1. The van der Waals surface area contributed by atoms with E-state index in [2.05, 4.69) is 16.6 Å². The van der Waals surface area contributed by atoms with Gasteiger partial charge in [0.05, 0.1) is 26.1 Å². The van der Waals surface area contributed by atoms with E-state index in [9.17, 15) is 14.9 Å². The number of pyridine rings is 1. The molecular formula is C18H13ClN4O3S. The Morgan fingerprint density at radius 2 is 2.15 bits per heavy atom. The molecule has 2 aromatic rings. The lowest BCUT2D eigenvalue weighted by Crippen LogP contribution is -2.29. The minimum absolute atomic E-state index is 0.0729. The number of amides is 1. The summed E-state index contributed by atoms with van der Waals surface area (Å²) in [6, 6.07) is 7.87. The van der Waals surface area contributed by atoms with E-state index < -0.39 is 4.92 Å². The number of nitrogens with zero attached hydrogens (tertiary/aromatic N) is 4. The van der Waals surface area contributed by atoms with Gasteiger partial charge in [-0.25, -0.2) is 4.99 Å². The Kier molecular flexibility index (Phi) is 5.68. The van der Waals surface area contributed by atoms with Gasteiger partial charge in [-0.15, -0.1) is 6.58 Å². The van der Waals surface area contributed by atoms with Crippen molar-refractivity contribution < 1.29 is 9.72 Å². The van der Waals surface area contributed by atoms with Crippen LogP contribution in [0.1, 0.15) is 5.56 Å². The van der Waals surface area contributed by atoms with Crippen LogP contribution in [0.3, 0.4) is 0 Å². The van der Waals surface area contributed by atoms with Crippen LogP contribution in [0.5, 0.6) is 0 Å². The van der Waals surface area contributed by atoms with E-state index in [0.29, 0.717) is 26.3 Å². The molecule has 1 aromatic carbocycles. The maximum atomic E-state index is 12.8. The van der Waals surface area contributed by atoms with Gasteiger partial charge < -0.3 is 0 Å². The largest absolute Gasteiger partial charge is 0.283 e. The molecule has 1 fully saturated rings. The molecule has 0 spiro atoms. The Bertz CT molecular complexity index is 990. The van der Waals surface area contributed by atoms with Crippen molar-refractivity contribution in [1.29, 1.82) is 0 Å². The Balaban J connectivity index is 2.02. The second-order valence-electron chi connectivity index (χ2n) is 5.35. The molecule has 1 saturated heterocycles. The zero-order valence-electron chi connectivity index (χ0n) is 13.9. The highest BCUT2D eigenvalue weighted by Gasteiger charge is 2.33. The van der Waals surface area contributed by atoms with Crippen LogP contribution in [0.15, 0.2) is 65.3 Å². The summed E-state index contributed by atoms with van der Waals surface area (Å²) in [5.41, 5.74) is 0.749. The fourth-order valence-electron chi connectivity index (χ4n) is 2.36. The summed E-state index contributed by atoms with van der Waals surface area (Å²) in [6.45, 7) is 3.91. The molecule has 136 valence electrons. The number of aliphatic imine (C=N–C) groups is 1. The van der Waals surface area contributed by atoms with Crippen LogP contribution in [0.2, 0.25) is 5.02 Å². The van der Waals surface area contributed by atoms with Crippen molar-refractivity contribution in [2.45, 2.75) is 0 Å². The van der Waals surface area contributed by atoms with E-state index in [4.69, 9.17) is 11.6 Å². The summed E-state index contributed by atoms with van der Waals surface area (Å²) in [5, 5.41) is 12.0. The molecular weight excluding hydrogens is 388 g/mol. The highest BCUT2D eigenvalue weighted by molar-refractivity contribution is 8.18. The molecule has 0 aliphatic carbocycles. The number of para-hydroxylation sites is 1. The van der Waals surface area contributed by atoms with Crippen molar-refractivity contribution in [1.82, 2.24) is 9.88 Å². The Hall–Kier alpha value is -2.97. The van der Waals surface area contributed by atoms with Crippen LogP contribution < -0.4 is 0 Å². The van der Waals surface area contributed by atoms with Gasteiger partial charge in [-0.3, -0.25) is 24.8 Å². The van der Waals surface area contributed by atoms with Gasteiger partial charge in [0.15, 0.2) is 5.17 Å². The first kappa shape index (κ1) is 18.8. The van der Waals surface area contributed by atoms with E-state index in [1.165, 1.54) is 23.2 Å². The third kappa shape index (κ3) is 4.07. The maximum Gasteiger partial charge on any atom is 0.276 e. The van der Waals surface area contributed by atoms with Gasteiger partial charge in [0, 0.05) is 25.0 Å². The van der Waals surface area contributed by atoms with Crippen LogP contribution in [-0.4, -0.2) is 32.4 Å². The van der Waals surface area contributed by atoms with Gasteiger partial charge in [0.2, 0.25) is 0 Å². The Labute approximate surface area is 164 Å². The van der Waals surface area contributed by atoms with Gasteiger partial charge in [-0.05, 0) is 30.0 Å². The van der Waals surface area contributed by atoms with Gasteiger partial charge in [-0.2, -0.15) is 0 Å². The summed E-state index contributed by atoms with van der Waals surface area (Å²) in [6.07, 6.45) is 6.09. The van der Waals surface area contributed by atoms with E-state index >= 15 is 0 Å². The van der Waals surface area contributed by atoms with E-state index in [-0.39, 0.29) is 18.1 Å².